The van der Waals surface area contributed by atoms with Gasteiger partial charge in [0.2, 0.25) is 0 Å². The molecule has 184 valence electrons. The van der Waals surface area contributed by atoms with E-state index in [0.717, 1.165) is 16.2 Å². The van der Waals surface area contributed by atoms with E-state index in [1.54, 1.807) is 19.1 Å². The van der Waals surface area contributed by atoms with E-state index in [9.17, 15) is 29.6 Å². The molecule has 1 N–H and O–H groups in total. The molecular formula is C24H19N3O8S. The van der Waals surface area contributed by atoms with Gasteiger partial charge in [0.05, 0.1) is 36.5 Å². The number of non-ortho nitro benzene ring substituents is 1. The summed E-state index contributed by atoms with van der Waals surface area (Å²) < 4.78 is 9.88. The van der Waals surface area contributed by atoms with Crippen LogP contribution in [0.4, 0.5) is 10.8 Å². The zero-order valence-corrected chi connectivity index (χ0v) is 20.1. The lowest BCUT2D eigenvalue weighted by Crippen LogP contribution is -2.29. The third-order valence-corrected chi connectivity index (χ3v) is 6.70. The summed E-state index contributed by atoms with van der Waals surface area (Å²) in [4.78, 5) is 54.9. The van der Waals surface area contributed by atoms with Gasteiger partial charge in [-0.3, -0.25) is 24.6 Å². The highest BCUT2D eigenvalue weighted by Gasteiger charge is 2.48. The Bertz CT molecular complexity index is 1430. The molecule has 0 spiro atoms. The molecule has 1 unspecified atom stereocenters. The molecule has 0 bridgehead atoms. The number of anilines is 1. The van der Waals surface area contributed by atoms with Gasteiger partial charge in [0.15, 0.2) is 5.13 Å². The van der Waals surface area contributed by atoms with Gasteiger partial charge in [-0.25, -0.2) is 9.78 Å². The number of carbonyl (C=O) groups is 3. The zero-order valence-electron chi connectivity index (χ0n) is 19.3. The number of amides is 1. The second-order valence-electron chi connectivity index (χ2n) is 7.65. The number of aromatic nitrogens is 1. The predicted molar refractivity (Wildman–Crippen MR) is 129 cm³/mol. The first-order chi connectivity index (χ1) is 17.2. The monoisotopic (exact) mass is 509 g/mol. The molecule has 1 amide bonds. The molecule has 3 aromatic rings. The molecule has 4 rings (SSSR count). The van der Waals surface area contributed by atoms with Crippen LogP contribution < -0.4 is 9.64 Å². The number of ether oxygens (including phenoxy) is 2. The van der Waals surface area contributed by atoms with E-state index in [2.05, 4.69) is 4.98 Å². The van der Waals surface area contributed by atoms with Crippen LogP contribution in [0.25, 0.3) is 5.76 Å². The molecule has 2 heterocycles. The molecule has 0 radical (unpaired) electrons. The molecule has 0 saturated carbocycles. The maximum Gasteiger partial charge on any atom is 0.350 e. The molecule has 1 aliphatic heterocycles. The third-order valence-electron chi connectivity index (χ3n) is 5.57. The average Bonchev–Trinajstić information content (AvgIpc) is 3.39. The fourth-order valence-electron chi connectivity index (χ4n) is 3.83. The standard InChI is InChI=1S/C24H19N3O8S/c1-12-21(23(31)35-3)36-24(25-12)26-18(14-5-4-6-15(11-14)27(32)33)17(20(29)22(26)30)19(28)13-7-9-16(34-2)10-8-13/h4-11,18,28H,1-3H3. The number of rotatable bonds is 6. The molecule has 2 aromatic carbocycles. The summed E-state index contributed by atoms with van der Waals surface area (Å²) in [5, 5.41) is 22.6. The Morgan fingerprint density at radius 3 is 2.47 bits per heavy atom. The summed E-state index contributed by atoms with van der Waals surface area (Å²) in [6.07, 6.45) is 0. The second kappa shape index (κ2) is 9.58. The maximum atomic E-state index is 13.2. The third kappa shape index (κ3) is 4.18. The lowest BCUT2D eigenvalue weighted by atomic mass is 9.95. The summed E-state index contributed by atoms with van der Waals surface area (Å²) in [6.45, 7) is 1.54. The molecule has 11 nitrogen and oxygen atoms in total. The van der Waals surface area contributed by atoms with Crippen molar-refractivity contribution in [1.82, 2.24) is 4.98 Å². The first kappa shape index (κ1) is 24.5. The van der Waals surface area contributed by atoms with Crippen molar-refractivity contribution in [1.29, 1.82) is 0 Å². The fourth-order valence-corrected chi connectivity index (χ4v) is 4.84. The molecule has 1 aliphatic rings. The van der Waals surface area contributed by atoms with Crippen LogP contribution in [0.5, 0.6) is 5.75 Å². The number of aliphatic hydroxyl groups excluding tert-OH is 1. The number of esters is 1. The van der Waals surface area contributed by atoms with Gasteiger partial charge < -0.3 is 14.6 Å². The number of hydrogen-bond donors (Lipinski definition) is 1. The van der Waals surface area contributed by atoms with Gasteiger partial charge in [-0.2, -0.15) is 0 Å². The largest absolute Gasteiger partial charge is 0.507 e. The number of hydrogen-bond acceptors (Lipinski definition) is 10. The summed E-state index contributed by atoms with van der Waals surface area (Å²) in [7, 11) is 2.67. The van der Waals surface area contributed by atoms with E-state index in [0.29, 0.717) is 5.75 Å². The number of Topliss-reactive ketones (excluding diaryl/α,β-unsaturated/α-hetero) is 1. The minimum atomic E-state index is -1.25. The Morgan fingerprint density at radius 2 is 1.86 bits per heavy atom. The lowest BCUT2D eigenvalue weighted by Gasteiger charge is -2.22. The maximum absolute atomic E-state index is 13.2. The van der Waals surface area contributed by atoms with Crippen molar-refractivity contribution in [2.75, 3.05) is 19.1 Å². The summed E-state index contributed by atoms with van der Waals surface area (Å²) in [6, 6.07) is 10.3. The molecular weight excluding hydrogens is 490 g/mol. The molecule has 0 aliphatic carbocycles. The lowest BCUT2D eigenvalue weighted by molar-refractivity contribution is -0.384. The molecule has 1 atom stereocenters. The van der Waals surface area contributed by atoms with Crippen LogP contribution >= 0.6 is 11.3 Å². The van der Waals surface area contributed by atoms with Gasteiger partial charge in [0, 0.05) is 17.7 Å². The highest BCUT2D eigenvalue weighted by molar-refractivity contribution is 7.17. The number of nitro benzene ring substituents is 1. The van der Waals surface area contributed by atoms with Crippen LogP contribution in [-0.2, 0) is 14.3 Å². The number of ketones is 1. The number of benzene rings is 2. The van der Waals surface area contributed by atoms with Crippen LogP contribution in [0.3, 0.4) is 0 Å². The number of aryl methyl sites for hydroxylation is 1. The molecule has 12 heteroatoms. The van der Waals surface area contributed by atoms with Crippen LogP contribution in [0, 0.1) is 17.0 Å². The summed E-state index contributed by atoms with van der Waals surface area (Å²) in [5.74, 6) is -2.65. The van der Waals surface area contributed by atoms with Gasteiger partial charge in [0.1, 0.15) is 16.4 Å². The summed E-state index contributed by atoms with van der Waals surface area (Å²) >= 11 is 0.831. The quantitative estimate of drug-likeness (QED) is 0.131. The van der Waals surface area contributed by atoms with Gasteiger partial charge in [-0.05, 0) is 36.8 Å². The van der Waals surface area contributed by atoms with Crippen molar-refractivity contribution >= 4 is 45.6 Å². The molecule has 1 saturated heterocycles. The second-order valence-corrected chi connectivity index (χ2v) is 8.63. The Morgan fingerprint density at radius 1 is 1.17 bits per heavy atom. The van der Waals surface area contributed by atoms with Crippen molar-refractivity contribution < 1.29 is 33.9 Å². The number of nitrogens with zero attached hydrogens (tertiary/aromatic N) is 3. The number of aliphatic hydroxyl groups is 1. The van der Waals surface area contributed by atoms with Crippen LogP contribution in [0.15, 0.2) is 54.1 Å². The Balaban J connectivity index is 1.95. The van der Waals surface area contributed by atoms with Gasteiger partial charge in [0.25, 0.3) is 11.5 Å². The number of carbonyl (C=O) groups excluding carboxylic acids is 3. The van der Waals surface area contributed by atoms with Crippen molar-refractivity contribution in [2.45, 2.75) is 13.0 Å². The number of nitro groups is 1. The van der Waals surface area contributed by atoms with E-state index in [1.165, 1.54) is 50.6 Å². The summed E-state index contributed by atoms with van der Waals surface area (Å²) in [5.41, 5.74) is 0.156. The van der Waals surface area contributed by atoms with Gasteiger partial charge in [-0.15, -0.1) is 0 Å². The van der Waals surface area contributed by atoms with E-state index in [1.807, 2.05) is 0 Å². The van der Waals surface area contributed by atoms with E-state index < -0.39 is 34.4 Å². The van der Waals surface area contributed by atoms with Crippen molar-refractivity contribution in [3.8, 4) is 5.75 Å². The van der Waals surface area contributed by atoms with E-state index in [4.69, 9.17) is 9.47 Å². The Hall–Kier alpha value is -4.58. The van der Waals surface area contributed by atoms with Crippen molar-refractivity contribution in [3.63, 3.8) is 0 Å². The SMILES string of the molecule is COC(=O)c1sc(N2C(=O)C(=O)C(=C(O)c3ccc(OC)cc3)C2c2cccc([N+](=O)[O-])c2)nc1C. The smallest absolute Gasteiger partial charge is 0.350 e. The molecule has 1 aromatic heterocycles. The molecule has 36 heavy (non-hydrogen) atoms. The highest BCUT2D eigenvalue weighted by atomic mass is 32.1. The van der Waals surface area contributed by atoms with Crippen molar-refractivity contribution in [3.05, 3.63) is 85.9 Å². The minimum absolute atomic E-state index is 0.000266. The van der Waals surface area contributed by atoms with E-state index in [-0.39, 0.29) is 38.1 Å². The van der Waals surface area contributed by atoms with E-state index >= 15 is 0 Å². The van der Waals surface area contributed by atoms with Crippen molar-refractivity contribution in [2.24, 2.45) is 0 Å². The van der Waals surface area contributed by atoms with Crippen LogP contribution in [0.1, 0.15) is 32.5 Å². The van der Waals surface area contributed by atoms with Gasteiger partial charge in [-0.1, -0.05) is 23.5 Å². The zero-order chi connectivity index (χ0) is 26.1. The Kier molecular flexibility index (Phi) is 6.53. The fraction of sp³-hybridized carbons (Fsp3) is 0.167. The number of thiazole rings is 1. The highest BCUT2D eigenvalue weighted by Crippen LogP contribution is 2.44. The average molecular weight is 509 g/mol. The normalized spacial score (nSPS) is 16.8. The molecule has 1 fully saturated rings. The number of methoxy groups -OCH3 is 2. The van der Waals surface area contributed by atoms with Crippen LogP contribution in [0.2, 0.25) is 0 Å². The minimum Gasteiger partial charge on any atom is -0.507 e. The first-order valence-electron chi connectivity index (χ1n) is 10.4. The Labute approximate surface area is 208 Å². The van der Waals surface area contributed by atoms with Crippen LogP contribution in [-0.4, -0.2) is 46.9 Å². The topological polar surface area (TPSA) is 149 Å². The predicted octanol–water partition coefficient (Wildman–Crippen LogP) is 3.78. The first-order valence-corrected chi connectivity index (χ1v) is 11.2. The van der Waals surface area contributed by atoms with Gasteiger partial charge >= 0.3 is 11.9 Å².